The van der Waals surface area contributed by atoms with Gasteiger partial charge in [0, 0.05) is 17.7 Å². The van der Waals surface area contributed by atoms with Gasteiger partial charge in [-0.25, -0.2) is 4.79 Å². The molecule has 0 N–H and O–H groups in total. The van der Waals surface area contributed by atoms with E-state index in [-0.39, 0.29) is 6.54 Å². The molecule has 96 valence electrons. The lowest BCUT2D eigenvalue weighted by Gasteiger charge is -2.20. The zero-order valence-corrected chi connectivity index (χ0v) is 10.7. The van der Waals surface area contributed by atoms with Crippen LogP contribution in [0, 0.1) is 0 Å². The molecule has 0 bridgehead atoms. The maximum Gasteiger partial charge on any atom is 0.418 e. The summed E-state index contributed by atoms with van der Waals surface area (Å²) in [6.45, 7) is 5.68. The number of carbonyl (C=O) groups excluding carboxylic acids is 1. The fourth-order valence-electron chi connectivity index (χ4n) is 1.26. The van der Waals surface area contributed by atoms with Crippen LogP contribution in [0.5, 0.6) is 0 Å². The van der Waals surface area contributed by atoms with Crippen molar-refractivity contribution < 1.29 is 9.53 Å². The number of nitrogens with zero attached hydrogens (tertiary/aromatic N) is 4. The van der Waals surface area contributed by atoms with Gasteiger partial charge in [0.15, 0.2) is 0 Å². The molecule has 0 saturated carbocycles. The Morgan fingerprint density at radius 3 is 2.94 bits per heavy atom. The predicted molar refractivity (Wildman–Crippen MR) is 69.1 cm³/mol. The third kappa shape index (κ3) is 4.35. The maximum atomic E-state index is 11.9. The van der Waals surface area contributed by atoms with Crippen molar-refractivity contribution in [1.29, 1.82) is 0 Å². The number of hydrogen-bond acceptors (Lipinski definition) is 3. The van der Waals surface area contributed by atoms with E-state index in [0.717, 1.165) is 0 Å². The number of aromatic nitrogens is 1. The van der Waals surface area contributed by atoms with E-state index >= 15 is 0 Å². The van der Waals surface area contributed by atoms with Gasteiger partial charge in [-0.05, 0) is 44.5 Å². The van der Waals surface area contributed by atoms with Gasteiger partial charge in [-0.3, -0.25) is 4.57 Å². The smallest absolute Gasteiger partial charge is 0.418 e. The van der Waals surface area contributed by atoms with Gasteiger partial charge < -0.3 is 4.74 Å². The maximum absolute atomic E-state index is 11.9. The van der Waals surface area contributed by atoms with E-state index in [0.29, 0.717) is 5.69 Å². The first-order valence-electron chi connectivity index (χ1n) is 5.52. The summed E-state index contributed by atoms with van der Waals surface area (Å²) in [5.41, 5.74) is 8.28. The van der Waals surface area contributed by atoms with E-state index in [9.17, 15) is 4.79 Å². The second kappa shape index (κ2) is 5.93. The Bertz CT molecular complexity index is 490. The van der Waals surface area contributed by atoms with Gasteiger partial charge in [0.25, 0.3) is 0 Å². The Balaban J connectivity index is 2.79. The summed E-state index contributed by atoms with van der Waals surface area (Å²) in [5, 5.41) is 3.37. The molecule has 0 amide bonds. The number of azide groups is 1. The molecule has 0 aliphatic heterocycles. The molecule has 1 aromatic heterocycles. The second-order valence-electron chi connectivity index (χ2n) is 4.60. The Kier molecular flexibility index (Phi) is 4.57. The van der Waals surface area contributed by atoms with Gasteiger partial charge >= 0.3 is 6.09 Å². The van der Waals surface area contributed by atoms with Crippen LogP contribution in [0.1, 0.15) is 26.5 Å². The van der Waals surface area contributed by atoms with Crippen molar-refractivity contribution in [2.45, 2.75) is 26.4 Å². The number of hydrogen-bond donors (Lipinski definition) is 0. The van der Waals surface area contributed by atoms with Crippen LogP contribution in [-0.2, 0) is 4.74 Å². The summed E-state index contributed by atoms with van der Waals surface area (Å²) >= 11 is 0. The first-order valence-corrected chi connectivity index (χ1v) is 5.52. The van der Waals surface area contributed by atoms with Crippen LogP contribution in [-0.4, -0.2) is 22.8 Å². The highest BCUT2D eigenvalue weighted by Gasteiger charge is 2.18. The number of rotatable bonds is 3. The van der Waals surface area contributed by atoms with Crippen LogP contribution in [0.4, 0.5) is 4.79 Å². The van der Waals surface area contributed by atoms with Crippen LogP contribution in [0.3, 0.4) is 0 Å². The average molecular weight is 248 g/mol. The van der Waals surface area contributed by atoms with Gasteiger partial charge in [-0.15, -0.1) is 0 Å². The molecule has 0 aromatic carbocycles. The van der Waals surface area contributed by atoms with Gasteiger partial charge in [0.05, 0.1) is 5.69 Å². The molecule has 1 rings (SSSR count). The molecule has 0 unspecified atom stereocenters. The summed E-state index contributed by atoms with van der Waals surface area (Å²) in [5.74, 6) is 0. The van der Waals surface area contributed by atoms with Gasteiger partial charge in [0.1, 0.15) is 5.60 Å². The fraction of sp³-hybridized carbons (Fsp3) is 0.417. The Labute approximate surface area is 105 Å². The topological polar surface area (TPSA) is 80.0 Å². The van der Waals surface area contributed by atoms with Crippen LogP contribution >= 0.6 is 0 Å². The first kappa shape index (κ1) is 13.9. The monoisotopic (exact) mass is 248 g/mol. The van der Waals surface area contributed by atoms with E-state index in [1.807, 2.05) is 20.8 Å². The van der Waals surface area contributed by atoms with Crippen molar-refractivity contribution >= 4 is 12.2 Å². The fourth-order valence-corrected chi connectivity index (χ4v) is 1.26. The standard InChI is InChI=1S/C12H16N4O2/c1-12(2,3)18-11(17)16-9-5-7-10(16)6-4-8-14-15-13/h4-7,9H,8H2,1-3H3. The summed E-state index contributed by atoms with van der Waals surface area (Å²) in [6, 6.07) is 3.52. The molecule has 18 heavy (non-hydrogen) atoms. The van der Waals surface area contributed by atoms with E-state index in [1.165, 1.54) is 4.57 Å². The summed E-state index contributed by atoms with van der Waals surface area (Å²) < 4.78 is 6.66. The molecule has 0 spiro atoms. The highest BCUT2D eigenvalue weighted by Crippen LogP contribution is 2.12. The minimum atomic E-state index is -0.534. The summed E-state index contributed by atoms with van der Waals surface area (Å²) in [7, 11) is 0. The van der Waals surface area contributed by atoms with Crippen LogP contribution in [0.25, 0.3) is 16.5 Å². The van der Waals surface area contributed by atoms with E-state index in [4.69, 9.17) is 10.3 Å². The molecule has 0 aliphatic rings. The Hall–Kier alpha value is -2.20. The summed E-state index contributed by atoms with van der Waals surface area (Å²) in [6.07, 6.45) is 4.58. The predicted octanol–water partition coefficient (Wildman–Crippen LogP) is 3.59. The molecular weight excluding hydrogens is 232 g/mol. The highest BCUT2D eigenvalue weighted by molar-refractivity contribution is 5.74. The molecule has 6 nitrogen and oxygen atoms in total. The zero-order chi connectivity index (χ0) is 13.6. The van der Waals surface area contributed by atoms with Crippen molar-refractivity contribution in [2.75, 3.05) is 6.54 Å². The number of carbonyl (C=O) groups is 1. The molecule has 1 heterocycles. The molecule has 0 fully saturated rings. The van der Waals surface area contributed by atoms with Crippen LogP contribution in [0.2, 0.25) is 0 Å². The largest absolute Gasteiger partial charge is 0.443 e. The lowest BCUT2D eigenvalue weighted by molar-refractivity contribution is 0.0536. The SMILES string of the molecule is CC(C)(C)OC(=O)n1cccc1C=CCN=[N+]=[N-]. The molecule has 0 saturated heterocycles. The minimum absolute atomic E-state index is 0.246. The first-order chi connectivity index (χ1) is 8.44. The van der Waals surface area contributed by atoms with E-state index in [1.54, 1.807) is 30.5 Å². The Morgan fingerprint density at radius 2 is 2.33 bits per heavy atom. The van der Waals surface area contributed by atoms with Gasteiger partial charge in [0.2, 0.25) is 0 Å². The molecular formula is C12H16N4O2. The highest BCUT2D eigenvalue weighted by atomic mass is 16.6. The molecule has 6 heteroatoms. The van der Waals surface area contributed by atoms with Crippen LogP contribution < -0.4 is 0 Å². The van der Waals surface area contributed by atoms with Crippen molar-refractivity contribution in [1.82, 2.24) is 4.57 Å². The summed E-state index contributed by atoms with van der Waals surface area (Å²) in [4.78, 5) is 14.5. The quantitative estimate of drug-likeness (QED) is 0.465. The van der Waals surface area contributed by atoms with Crippen molar-refractivity contribution in [2.24, 2.45) is 5.11 Å². The van der Waals surface area contributed by atoms with Gasteiger partial charge in [-0.1, -0.05) is 11.2 Å². The van der Waals surface area contributed by atoms with Crippen LogP contribution in [0.15, 0.2) is 29.5 Å². The third-order valence-electron chi connectivity index (χ3n) is 1.91. The zero-order valence-electron chi connectivity index (χ0n) is 10.7. The Morgan fingerprint density at radius 1 is 1.61 bits per heavy atom. The molecule has 0 aliphatic carbocycles. The van der Waals surface area contributed by atoms with Crippen molar-refractivity contribution in [3.05, 3.63) is 40.5 Å². The minimum Gasteiger partial charge on any atom is -0.443 e. The number of ether oxygens (including phenoxy) is 1. The third-order valence-corrected chi connectivity index (χ3v) is 1.91. The van der Waals surface area contributed by atoms with E-state index in [2.05, 4.69) is 10.0 Å². The molecule has 1 aromatic rings. The normalized spacial score (nSPS) is 11.3. The lowest BCUT2D eigenvalue weighted by Crippen LogP contribution is -2.27. The molecule has 0 atom stereocenters. The lowest BCUT2D eigenvalue weighted by atomic mass is 10.2. The van der Waals surface area contributed by atoms with Crippen molar-refractivity contribution in [3.8, 4) is 0 Å². The van der Waals surface area contributed by atoms with Crippen molar-refractivity contribution in [3.63, 3.8) is 0 Å². The van der Waals surface area contributed by atoms with Gasteiger partial charge in [-0.2, -0.15) is 0 Å². The van der Waals surface area contributed by atoms with E-state index < -0.39 is 11.7 Å². The average Bonchev–Trinajstić information content (AvgIpc) is 2.70. The second-order valence-corrected chi connectivity index (χ2v) is 4.60. The molecule has 0 radical (unpaired) electrons.